The first-order valence-electron chi connectivity index (χ1n) is 9.69. The third-order valence-electron chi connectivity index (χ3n) is 4.71. The maximum Gasteiger partial charge on any atom is 0.418 e. The van der Waals surface area contributed by atoms with Crippen molar-refractivity contribution in [3.05, 3.63) is 96.4 Å². The first-order valence-corrected chi connectivity index (χ1v) is 9.69. The van der Waals surface area contributed by atoms with E-state index < -0.39 is 11.7 Å². The SMILES string of the molecule is Nc1c(Nc2ccccc2C(F)(F)F)ncnc1N(Cc1ccccc1)c1ccccn1. The van der Waals surface area contributed by atoms with E-state index in [2.05, 4.69) is 20.3 Å². The van der Waals surface area contributed by atoms with Crippen molar-refractivity contribution in [1.29, 1.82) is 0 Å². The van der Waals surface area contributed by atoms with Crippen LogP contribution < -0.4 is 16.0 Å². The Balaban J connectivity index is 1.74. The van der Waals surface area contributed by atoms with E-state index in [0.717, 1.165) is 11.6 Å². The summed E-state index contributed by atoms with van der Waals surface area (Å²) in [6, 6.07) is 20.2. The molecule has 162 valence electrons. The first-order chi connectivity index (χ1) is 15.4. The highest BCUT2D eigenvalue weighted by Crippen LogP contribution is 2.38. The molecule has 0 saturated heterocycles. The molecule has 4 aromatic rings. The first kappa shape index (κ1) is 21.1. The average Bonchev–Trinajstić information content (AvgIpc) is 2.80. The normalized spacial score (nSPS) is 11.2. The fourth-order valence-corrected chi connectivity index (χ4v) is 3.21. The van der Waals surface area contributed by atoms with Gasteiger partial charge in [0.2, 0.25) is 0 Å². The van der Waals surface area contributed by atoms with Gasteiger partial charge in [0, 0.05) is 6.20 Å². The molecule has 3 N–H and O–H groups in total. The predicted octanol–water partition coefficient (Wildman–Crippen LogP) is 5.55. The number of para-hydroxylation sites is 1. The van der Waals surface area contributed by atoms with Gasteiger partial charge in [-0.15, -0.1) is 0 Å². The molecule has 0 saturated carbocycles. The molecule has 0 unspecified atom stereocenters. The highest BCUT2D eigenvalue weighted by atomic mass is 19.4. The molecule has 0 aliphatic rings. The van der Waals surface area contributed by atoms with E-state index in [-0.39, 0.29) is 17.2 Å². The highest BCUT2D eigenvalue weighted by molar-refractivity contribution is 5.81. The van der Waals surface area contributed by atoms with Crippen LogP contribution in [0.5, 0.6) is 0 Å². The van der Waals surface area contributed by atoms with Crippen LogP contribution in [0.4, 0.5) is 42.0 Å². The van der Waals surface area contributed by atoms with Crippen molar-refractivity contribution < 1.29 is 13.2 Å². The van der Waals surface area contributed by atoms with E-state index in [4.69, 9.17) is 5.73 Å². The third-order valence-corrected chi connectivity index (χ3v) is 4.71. The van der Waals surface area contributed by atoms with Crippen LogP contribution in [0.3, 0.4) is 0 Å². The number of hydrogen-bond donors (Lipinski definition) is 2. The van der Waals surface area contributed by atoms with Crippen molar-refractivity contribution in [3.8, 4) is 0 Å². The fraction of sp³-hybridized carbons (Fsp3) is 0.0870. The zero-order valence-corrected chi connectivity index (χ0v) is 16.8. The number of alkyl halides is 3. The summed E-state index contributed by atoms with van der Waals surface area (Å²) in [5, 5.41) is 2.71. The topological polar surface area (TPSA) is 80.0 Å². The number of nitrogen functional groups attached to an aromatic ring is 1. The Morgan fingerprint density at radius 2 is 1.56 bits per heavy atom. The van der Waals surface area contributed by atoms with E-state index in [0.29, 0.717) is 18.2 Å². The van der Waals surface area contributed by atoms with Gasteiger partial charge in [0.05, 0.1) is 17.8 Å². The van der Waals surface area contributed by atoms with Crippen LogP contribution in [0.25, 0.3) is 0 Å². The molecule has 0 atom stereocenters. The molecule has 0 radical (unpaired) electrons. The molecule has 9 heteroatoms. The number of rotatable bonds is 6. The number of halogens is 3. The van der Waals surface area contributed by atoms with Gasteiger partial charge in [0.15, 0.2) is 11.6 Å². The molecule has 2 heterocycles. The van der Waals surface area contributed by atoms with Crippen LogP contribution in [-0.2, 0) is 12.7 Å². The van der Waals surface area contributed by atoms with Gasteiger partial charge in [-0.25, -0.2) is 15.0 Å². The van der Waals surface area contributed by atoms with Gasteiger partial charge in [-0.2, -0.15) is 13.2 Å². The van der Waals surface area contributed by atoms with Gasteiger partial charge in [-0.1, -0.05) is 48.5 Å². The summed E-state index contributed by atoms with van der Waals surface area (Å²) >= 11 is 0. The van der Waals surface area contributed by atoms with Crippen molar-refractivity contribution in [1.82, 2.24) is 15.0 Å². The van der Waals surface area contributed by atoms with Gasteiger partial charge in [-0.05, 0) is 29.8 Å². The molecule has 0 bridgehead atoms. The van der Waals surface area contributed by atoms with Gasteiger partial charge in [-0.3, -0.25) is 0 Å². The number of nitrogens with two attached hydrogens (primary N) is 1. The van der Waals surface area contributed by atoms with Gasteiger partial charge >= 0.3 is 6.18 Å². The summed E-state index contributed by atoms with van der Waals surface area (Å²) in [7, 11) is 0. The second kappa shape index (κ2) is 8.93. The Kier molecular flexibility index (Phi) is 5.89. The second-order valence-electron chi connectivity index (χ2n) is 6.89. The molecule has 0 aliphatic heterocycles. The second-order valence-corrected chi connectivity index (χ2v) is 6.89. The summed E-state index contributed by atoms with van der Waals surface area (Å²) in [4.78, 5) is 14.6. The van der Waals surface area contributed by atoms with E-state index in [1.165, 1.54) is 24.5 Å². The number of hydrogen-bond acceptors (Lipinski definition) is 6. The van der Waals surface area contributed by atoms with Crippen molar-refractivity contribution in [2.45, 2.75) is 12.7 Å². The summed E-state index contributed by atoms with van der Waals surface area (Å²) in [5.41, 5.74) is 6.46. The maximum absolute atomic E-state index is 13.4. The third kappa shape index (κ3) is 4.61. The molecule has 4 rings (SSSR count). The highest BCUT2D eigenvalue weighted by Gasteiger charge is 2.33. The van der Waals surface area contributed by atoms with Gasteiger partial charge in [0.1, 0.15) is 17.8 Å². The average molecular weight is 436 g/mol. The quantitative estimate of drug-likeness (QED) is 0.412. The van der Waals surface area contributed by atoms with E-state index in [1.807, 2.05) is 36.4 Å². The molecule has 0 fully saturated rings. The van der Waals surface area contributed by atoms with Crippen LogP contribution in [0.1, 0.15) is 11.1 Å². The van der Waals surface area contributed by atoms with Gasteiger partial charge < -0.3 is 16.0 Å². The zero-order chi connectivity index (χ0) is 22.6. The van der Waals surface area contributed by atoms with E-state index in [9.17, 15) is 13.2 Å². The van der Waals surface area contributed by atoms with Gasteiger partial charge in [0.25, 0.3) is 0 Å². The Labute approximate surface area is 182 Å². The zero-order valence-electron chi connectivity index (χ0n) is 16.8. The summed E-state index contributed by atoms with van der Waals surface area (Å²) in [5.74, 6) is 0.985. The Morgan fingerprint density at radius 1 is 0.844 bits per heavy atom. The lowest BCUT2D eigenvalue weighted by atomic mass is 10.1. The van der Waals surface area contributed by atoms with Crippen LogP contribution in [0.2, 0.25) is 0 Å². The lowest BCUT2D eigenvalue weighted by molar-refractivity contribution is -0.136. The minimum Gasteiger partial charge on any atom is -0.393 e. The summed E-state index contributed by atoms with van der Waals surface area (Å²) in [6.07, 6.45) is -1.63. The van der Waals surface area contributed by atoms with Crippen LogP contribution in [0, 0.1) is 0 Å². The van der Waals surface area contributed by atoms with Crippen molar-refractivity contribution in [2.75, 3.05) is 16.0 Å². The van der Waals surface area contributed by atoms with Crippen molar-refractivity contribution >= 4 is 28.8 Å². The van der Waals surface area contributed by atoms with E-state index in [1.54, 1.807) is 23.2 Å². The van der Waals surface area contributed by atoms with Crippen molar-refractivity contribution in [3.63, 3.8) is 0 Å². The minimum absolute atomic E-state index is 0.0701. The Hall–Kier alpha value is -4.14. The number of anilines is 5. The number of nitrogens with zero attached hydrogens (tertiary/aromatic N) is 4. The Bertz CT molecular complexity index is 1180. The molecular formula is C23H19F3N6. The minimum atomic E-state index is -4.53. The molecule has 32 heavy (non-hydrogen) atoms. The molecule has 0 amide bonds. The molecule has 2 aromatic carbocycles. The van der Waals surface area contributed by atoms with Crippen molar-refractivity contribution in [2.24, 2.45) is 0 Å². The number of nitrogens with one attached hydrogen (secondary N) is 1. The monoisotopic (exact) mass is 436 g/mol. The van der Waals surface area contributed by atoms with E-state index >= 15 is 0 Å². The molecule has 6 nitrogen and oxygen atoms in total. The molecule has 2 aromatic heterocycles. The summed E-state index contributed by atoms with van der Waals surface area (Å²) in [6.45, 7) is 0.400. The number of pyridine rings is 1. The number of aromatic nitrogens is 3. The number of benzene rings is 2. The lowest BCUT2D eigenvalue weighted by Crippen LogP contribution is -2.21. The Morgan fingerprint density at radius 3 is 2.28 bits per heavy atom. The smallest absolute Gasteiger partial charge is 0.393 e. The van der Waals surface area contributed by atoms with Crippen LogP contribution in [-0.4, -0.2) is 15.0 Å². The maximum atomic E-state index is 13.4. The lowest BCUT2D eigenvalue weighted by Gasteiger charge is -2.25. The van der Waals surface area contributed by atoms with Crippen LogP contribution >= 0.6 is 0 Å². The largest absolute Gasteiger partial charge is 0.418 e. The standard InChI is InChI=1S/C23H19F3N6/c24-23(25,26)17-10-4-5-11-18(17)31-21-20(27)22(30-15-29-21)32(19-12-6-7-13-28-19)14-16-8-2-1-3-9-16/h1-13,15H,14,27H2,(H,29,30,31). The summed E-state index contributed by atoms with van der Waals surface area (Å²) < 4.78 is 40.2. The fourth-order valence-electron chi connectivity index (χ4n) is 3.21. The molecular weight excluding hydrogens is 417 g/mol. The molecule has 0 aliphatic carbocycles. The predicted molar refractivity (Wildman–Crippen MR) is 118 cm³/mol. The van der Waals surface area contributed by atoms with Crippen LogP contribution in [0.15, 0.2) is 85.3 Å². The molecule has 0 spiro atoms.